The highest BCUT2D eigenvalue weighted by molar-refractivity contribution is 5.92. The molecule has 4 heteroatoms. The van der Waals surface area contributed by atoms with Gasteiger partial charge in [-0.05, 0) is 25.6 Å². The number of nitrogens with one attached hydrogen (secondary N) is 1. The lowest BCUT2D eigenvalue weighted by molar-refractivity contribution is -0.116. The summed E-state index contributed by atoms with van der Waals surface area (Å²) in [5.41, 5.74) is 1.82. The smallest absolute Gasteiger partial charge is 0.225 e. The zero-order chi connectivity index (χ0) is 15.0. The first-order valence-electron chi connectivity index (χ1n) is 6.86. The van der Waals surface area contributed by atoms with Crippen molar-refractivity contribution in [2.45, 2.75) is 20.3 Å². The average Bonchev–Trinajstić information content (AvgIpc) is 2.43. The number of carbonyl (C=O) groups is 1. The van der Waals surface area contributed by atoms with Crippen molar-refractivity contribution in [3.05, 3.63) is 36.4 Å². The molecule has 0 heterocycles. The fourth-order valence-electron chi connectivity index (χ4n) is 1.95. The Morgan fingerprint density at radius 2 is 2.10 bits per heavy atom. The Balaban J connectivity index is 2.49. The Hall–Kier alpha value is -1.81. The molecule has 0 radical (unpaired) electrons. The van der Waals surface area contributed by atoms with Crippen LogP contribution in [0.15, 0.2) is 36.4 Å². The summed E-state index contributed by atoms with van der Waals surface area (Å²) in [5, 5.41) is 2.88. The Bertz CT molecular complexity index is 458. The molecule has 0 bridgehead atoms. The van der Waals surface area contributed by atoms with Crippen LogP contribution in [0.2, 0.25) is 0 Å². The summed E-state index contributed by atoms with van der Waals surface area (Å²) in [5.74, 6) is 0.671. The number of amides is 1. The van der Waals surface area contributed by atoms with E-state index in [2.05, 4.69) is 23.7 Å². The van der Waals surface area contributed by atoms with E-state index in [1.54, 1.807) is 7.11 Å². The largest absolute Gasteiger partial charge is 0.495 e. The number of likely N-dealkylation sites (N-methyl/N-ethyl adjacent to an activating group) is 1. The van der Waals surface area contributed by atoms with Gasteiger partial charge in [-0.2, -0.15) is 0 Å². The summed E-state index contributed by atoms with van der Waals surface area (Å²) >= 11 is 0. The highest BCUT2D eigenvalue weighted by Crippen LogP contribution is 2.22. The number of ether oxygens (including phenoxy) is 1. The summed E-state index contributed by atoms with van der Waals surface area (Å²) in [4.78, 5) is 14.2. The molecular weight excluding hydrogens is 252 g/mol. The van der Waals surface area contributed by atoms with Crippen molar-refractivity contribution in [2.75, 3.05) is 32.1 Å². The van der Waals surface area contributed by atoms with Crippen LogP contribution in [0.4, 0.5) is 5.69 Å². The molecule has 0 aromatic heterocycles. The molecule has 0 spiro atoms. The molecule has 0 aliphatic rings. The highest BCUT2D eigenvalue weighted by Gasteiger charge is 2.09. The average molecular weight is 276 g/mol. The maximum atomic E-state index is 12.0. The van der Waals surface area contributed by atoms with E-state index in [-0.39, 0.29) is 5.91 Å². The number of hydrogen-bond acceptors (Lipinski definition) is 3. The van der Waals surface area contributed by atoms with E-state index in [9.17, 15) is 4.79 Å². The van der Waals surface area contributed by atoms with Crippen molar-refractivity contribution >= 4 is 11.6 Å². The van der Waals surface area contributed by atoms with Gasteiger partial charge in [-0.3, -0.25) is 9.69 Å². The first kappa shape index (κ1) is 16.2. The van der Waals surface area contributed by atoms with Gasteiger partial charge < -0.3 is 10.1 Å². The fraction of sp³-hybridized carbons (Fsp3) is 0.438. The van der Waals surface area contributed by atoms with E-state index in [0.717, 1.165) is 25.2 Å². The molecule has 1 aromatic rings. The van der Waals surface area contributed by atoms with E-state index in [1.165, 1.54) is 0 Å². The number of methoxy groups -OCH3 is 1. The third-order valence-electron chi connectivity index (χ3n) is 2.98. The minimum absolute atomic E-state index is 0.00494. The molecule has 0 aliphatic heterocycles. The van der Waals surface area contributed by atoms with Gasteiger partial charge >= 0.3 is 0 Å². The third kappa shape index (κ3) is 5.45. The number of benzene rings is 1. The summed E-state index contributed by atoms with van der Waals surface area (Å²) in [6.07, 6.45) is 0.458. The lowest BCUT2D eigenvalue weighted by Crippen LogP contribution is -2.29. The Kier molecular flexibility index (Phi) is 6.81. The predicted octanol–water partition coefficient (Wildman–Crippen LogP) is 2.92. The molecule has 1 aromatic carbocycles. The topological polar surface area (TPSA) is 41.6 Å². The van der Waals surface area contributed by atoms with E-state index in [0.29, 0.717) is 17.9 Å². The van der Waals surface area contributed by atoms with E-state index >= 15 is 0 Å². The van der Waals surface area contributed by atoms with Crippen LogP contribution in [-0.4, -0.2) is 37.6 Å². The van der Waals surface area contributed by atoms with Crippen LogP contribution in [0.5, 0.6) is 5.75 Å². The van der Waals surface area contributed by atoms with Crippen LogP contribution >= 0.6 is 0 Å². The van der Waals surface area contributed by atoms with Crippen LogP contribution in [-0.2, 0) is 4.79 Å². The Morgan fingerprint density at radius 1 is 1.40 bits per heavy atom. The Morgan fingerprint density at radius 3 is 2.70 bits per heavy atom. The monoisotopic (exact) mass is 276 g/mol. The molecule has 4 nitrogen and oxygen atoms in total. The summed E-state index contributed by atoms with van der Waals surface area (Å²) in [7, 11) is 1.59. The zero-order valence-corrected chi connectivity index (χ0v) is 12.6. The summed E-state index contributed by atoms with van der Waals surface area (Å²) < 4.78 is 5.21. The molecule has 0 aliphatic carbocycles. The van der Waals surface area contributed by atoms with Gasteiger partial charge in [0, 0.05) is 19.5 Å². The second-order valence-electron chi connectivity index (χ2n) is 4.82. The minimum Gasteiger partial charge on any atom is -0.495 e. The second kappa shape index (κ2) is 8.38. The highest BCUT2D eigenvalue weighted by atomic mass is 16.5. The molecule has 1 amide bonds. The van der Waals surface area contributed by atoms with Crippen molar-refractivity contribution in [3.63, 3.8) is 0 Å². The number of rotatable bonds is 8. The fourth-order valence-corrected chi connectivity index (χ4v) is 1.95. The van der Waals surface area contributed by atoms with E-state index in [4.69, 9.17) is 4.74 Å². The summed E-state index contributed by atoms with van der Waals surface area (Å²) in [6, 6.07) is 7.41. The summed E-state index contributed by atoms with van der Waals surface area (Å²) in [6.45, 7) is 10.5. The van der Waals surface area contributed by atoms with Gasteiger partial charge in [0.2, 0.25) is 5.91 Å². The van der Waals surface area contributed by atoms with Gasteiger partial charge in [-0.1, -0.05) is 31.2 Å². The lowest BCUT2D eigenvalue weighted by atomic mass is 10.2. The van der Waals surface area contributed by atoms with Gasteiger partial charge in [-0.25, -0.2) is 0 Å². The molecule has 0 saturated heterocycles. The van der Waals surface area contributed by atoms with Crippen molar-refractivity contribution < 1.29 is 9.53 Å². The molecule has 0 unspecified atom stereocenters. The minimum atomic E-state index is -0.00494. The quantitative estimate of drug-likeness (QED) is 0.742. The Labute approximate surface area is 121 Å². The van der Waals surface area contributed by atoms with E-state index in [1.807, 2.05) is 31.2 Å². The number of anilines is 1. The van der Waals surface area contributed by atoms with Crippen LogP contribution < -0.4 is 10.1 Å². The maximum absolute atomic E-state index is 12.0. The van der Waals surface area contributed by atoms with Gasteiger partial charge in [0.15, 0.2) is 0 Å². The number of carbonyl (C=O) groups excluding carboxylic acids is 1. The van der Waals surface area contributed by atoms with Gasteiger partial charge in [0.05, 0.1) is 12.8 Å². The molecular formula is C16H24N2O2. The van der Waals surface area contributed by atoms with Crippen molar-refractivity contribution in [2.24, 2.45) is 0 Å². The maximum Gasteiger partial charge on any atom is 0.225 e. The molecule has 1 rings (SSSR count). The molecule has 110 valence electrons. The van der Waals surface area contributed by atoms with Crippen LogP contribution in [0.3, 0.4) is 0 Å². The number of para-hydroxylation sites is 2. The first-order chi connectivity index (χ1) is 9.56. The lowest BCUT2D eigenvalue weighted by Gasteiger charge is -2.20. The van der Waals surface area contributed by atoms with Gasteiger partial charge in [0.1, 0.15) is 5.75 Å². The van der Waals surface area contributed by atoms with E-state index < -0.39 is 0 Å². The number of nitrogens with zero attached hydrogens (tertiary/aromatic N) is 1. The molecule has 0 fully saturated rings. The van der Waals surface area contributed by atoms with Crippen molar-refractivity contribution in [1.82, 2.24) is 4.90 Å². The molecule has 20 heavy (non-hydrogen) atoms. The van der Waals surface area contributed by atoms with Crippen molar-refractivity contribution in [1.29, 1.82) is 0 Å². The first-order valence-corrected chi connectivity index (χ1v) is 6.86. The van der Waals surface area contributed by atoms with Crippen LogP contribution in [0.25, 0.3) is 0 Å². The van der Waals surface area contributed by atoms with Crippen LogP contribution in [0.1, 0.15) is 20.3 Å². The molecule has 1 N–H and O–H groups in total. The van der Waals surface area contributed by atoms with Crippen molar-refractivity contribution in [3.8, 4) is 5.75 Å². The van der Waals surface area contributed by atoms with Gasteiger partial charge in [-0.15, -0.1) is 0 Å². The third-order valence-corrected chi connectivity index (χ3v) is 2.98. The molecule has 0 atom stereocenters. The normalized spacial score (nSPS) is 10.4. The molecule has 0 saturated carbocycles. The van der Waals surface area contributed by atoms with Gasteiger partial charge in [0.25, 0.3) is 0 Å². The standard InChI is InChI=1S/C16H24N2O2/c1-5-18(12-13(2)3)11-10-16(19)17-14-8-6-7-9-15(14)20-4/h6-9H,2,5,10-12H2,1,3-4H3,(H,17,19). The SMILES string of the molecule is C=C(C)CN(CC)CCC(=O)Nc1ccccc1OC. The second-order valence-corrected chi connectivity index (χ2v) is 4.82. The van der Waals surface area contributed by atoms with Crippen LogP contribution in [0, 0.1) is 0 Å². The number of hydrogen-bond donors (Lipinski definition) is 1. The zero-order valence-electron chi connectivity index (χ0n) is 12.6. The predicted molar refractivity (Wildman–Crippen MR) is 83.2 cm³/mol.